The number of aromatic amines is 1. The molecule has 0 radical (unpaired) electrons. The molecule has 1 aromatic carbocycles. The molecule has 0 aliphatic rings. The van der Waals surface area contributed by atoms with Gasteiger partial charge in [0.2, 0.25) is 0 Å². The second-order valence-corrected chi connectivity index (χ2v) is 4.13. The Balaban J connectivity index is 2.58. The van der Waals surface area contributed by atoms with E-state index in [0.29, 0.717) is 11.0 Å². The summed E-state index contributed by atoms with van der Waals surface area (Å²) in [6.07, 6.45) is 1.56. The number of fused-ring (bicyclic) bond motifs is 3. The van der Waals surface area contributed by atoms with E-state index in [9.17, 15) is 9.18 Å². The lowest BCUT2D eigenvalue weighted by molar-refractivity contribution is 0.276. The zero-order chi connectivity index (χ0) is 12.9. The van der Waals surface area contributed by atoms with Crippen molar-refractivity contribution in [3.8, 4) is 0 Å². The zero-order valence-electron chi connectivity index (χ0n) is 9.57. The first-order chi connectivity index (χ1) is 8.63. The number of hydrogen-bond donors (Lipinski definition) is 2. The number of aryl methyl sites for hydroxylation is 1. The molecule has 0 aliphatic carbocycles. The molecule has 92 valence electrons. The molecule has 2 heterocycles. The summed E-state index contributed by atoms with van der Waals surface area (Å²) in [4.78, 5) is 14.4. The molecule has 0 fully saturated rings. The number of nitrogens with zero attached hydrogens (tertiary/aromatic N) is 2. The molecule has 0 spiro atoms. The Morgan fingerprint density at radius 2 is 2.28 bits per heavy atom. The van der Waals surface area contributed by atoms with Crippen LogP contribution in [0.4, 0.5) is 4.39 Å². The maximum absolute atomic E-state index is 14.0. The lowest BCUT2D eigenvalue weighted by Gasteiger charge is -2.05. The monoisotopic (exact) mass is 247 g/mol. The third-order valence-electron chi connectivity index (χ3n) is 3.00. The number of aromatic nitrogens is 3. The molecule has 0 bridgehead atoms. The number of halogens is 1. The van der Waals surface area contributed by atoms with Crippen molar-refractivity contribution >= 4 is 16.6 Å². The van der Waals surface area contributed by atoms with Crippen LogP contribution in [0.25, 0.3) is 16.6 Å². The van der Waals surface area contributed by atoms with Crippen LogP contribution in [0, 0.1) is 12.7 Å². The average molecular weight is 247 g/mol. The summed E-state index contributed by atoms with van der Waals surface area (Å²) in [7, 11) is 0. The van der Waals surface area contributed by atoms with Crippen molar-refractivity contribution in [2.75, 3.05) is 0 Å². The van der Waals surface area contributed by atoms with Crippen LogP contribution in [0.1, 0.15) is 11.1 Å². The van der Waals surface area contributed by atoms with Crippen LogP contribution in [0.3, 0.4) is 0 Å². The van der Waals surface area contributed by atoms with Crippen molar-refractivity contribution < 1.29 is 9.50 Å². The molecule has 18 heavy (non-hydrogen) atoms. The SMILES string of the molecule is Cc1cnn2c1c(=O)[nH]c1c(F)c(CO)ccc12. The minimum Gasteiger partial charge on any atom is -0.392 e. The van der Waals surface area contributed by atoms with Gasteiger partial charge in [-0.15, -0.1) is 0 Å². The third kappa shape index (κ3) is 1.29. The molecule has 0 saturated heterocycles. The first kappa shape index (κ1) is 10.9. The topological polar surface area (TPSA) is 70.4 Å². The Bertz CT molecular complexity index is 819. The largest absolute Gasteiger partial charge is 0.392 e. The maximum Gasteiger partial charge on any atom is 0.274 e. The second kappa shape index (κ2) is 3.64. The summed E-state index contributed by atoms with van der Waals surface area (Å²) in [5.74, 6) is -0.623. The van der Waals surface area contributed by atoms with Gasteiger partial charge in [-0.3, -0.25) is 4.79 Å². The van der Waals surface area contributed by atoms with Gasteiger partial charge in [0.1, 0.15) is 11.0 Å². The lowest BCUT2D eigenvalue weighted by atomic mass is 10.2. The zero-order valence-corrected chi connectivity index (χ0v) is 9.57. The van der Waals surface area contributed by atoms with Crippen LogP contribution in [-0.4, -0.2) is 19.7 Å². The number of H-pyrrole nitrogens is 1. The predicted octanol–water partition coefficient (Wildman–Crippen LogP) is 1.12. The lowest BCUT2D eigenvalue weighted by Crippen LogP contribution is -2.13. The van der Waals surface area contributed by atoms with Crippen LogP contribution in [-0.2, 0) is 6.61 Å². The number of hydrogen-bond acceptors (Lipinski definition) is 3. The van der Waals surface area contributed by atoms with Crippen molar-refractivity contribution in [2.24, 2.45) is 0 Å². The van der Waals surface area contributed by atoms with E-state index in [1.165, 1.54) is 10.6 Å². The predicted molar refractivity (Wildman–Crippen MR) is 63.9 cm³/mol. The Morgan fingerprint density at radius 3 is 3.00 bits per heavy atom. The molecule has 3 aromatic rings. The molecule has 0 atom stereocenters. The van der Waals surface area contributed by atoms with E-state index in [1.54, 1.807) is 19.2 Å². The normalized spacial score (nSPS) is 11.5. The highest BCUT2D eigenvalue weighted by molar-refractivity contribution is 5.79. The van der Waals surface area contributed by atoms with E-state index in [-0.39, 0.29) is 11.1 Å². The number of rotatable bonds is 1. The molecule has 2 aromatic heterocycles. The van der Waals surface area contributed by atoms with Gasteiger partial charge in [0, 0.05) is 11.1 Å². The molecule has 0 amide bonds. The maximum atomic E-state index is 14.0. The molecule has 0 aliphatic heterocycles. The van der Waals surface area contributed by atoms with Crippen LogP contribution >= 0.6 is 0 Å². The molecule has 6 heteroatoms. The van der Waals surface area contributed by atoms with Crippen LogP contribution in [0.15, 0.2) is 23.1 Å². The molecular formula is C12H10FN3O2. The van der Waals surface area contributed by atoms with Crippen molar-refractivity contribution in [1.82, 2.24) is 14.6 Å². The number of aliphatic hydroxyl groups excluding tert-OH is 1. The van der Waals surface area contributed by atoms with Gasteiger partial charge >= 0.3 is 0 Å². The van der Waals surface area contributed by atoms with Crippen molar-refractivity contribution in [3.05, 3.63) is 45.6 Å². The Morgan fingerprint density at radius 1 is 1.50 bits per heavy atom. The number of aliphatic hydroxyl groups is 1. The molecular weight excluding hydrogens is 237 g/mol. The van der Waals surface area contributed by atoms with Gasteiger partial charge in [0.15, 0.2) is 5.82 Å². The first-order valence-corrected chi connectivity index (χ1v) is 5.42. The van der Waals surface area contributed by atoms with Gasteiger partial charge in [0.25, 0.3) is 5.56 Å². The van der Waals surface area contributed by atoms with Crippen molar-refractivity contribution in [2.45, 2.75) is 13.5 Å². The summed E-state index contributed by atoms with van der Waals surface area (Å²) in [6, 6.07) is 3.10. The molecule has 2 N–H and O–H groups in total. The summed E-state index contributed by atoms with van der Waals surface area (Å²) >= 11 is 0. The highest BCUT2D eigenvalue weighted by Crippen LogP contribution is 2.19. The Labute approximate surface area is 100 Å². The molecule has 3 rings (SSSR count). The number of nitrogens with one attached hydrogen (secondary N) is 1. The summed E-state index contributed by atoms with van der Waals surface area (Å²) in [5, 5.41) is 13.1. The van der Waals surface area contributed by atoms with Crippen LogP contribution < -0.4 is 5.56 Å². The molecule has 0 saturated carbocycles. The summed E-state index contributed by atoms with van der Waals surface area (Å²) in [6.45, 7) is 1.35. The van der Waals surface area contributed by atoms with E-state index in [4.69, 9.17) is 5.11 Å². The highest BCUT2D eigenvalue weighted by atomic mass is 19.1. The molecule has 0 unspecified atom stereocenters. The smallest absolute Gasteiger partial charge is 0.274 e. The quantitative estimate of drug-likeness (QED) is 0.676. The van der Waals surface area contributed by atoms with Crippen molar-refractivity contribution in [1.29, 1.82) is 0 Å². The van der Waals surface area contributed by atoms with Gasteiger partial charge in [-0.2, -0.15) is 5.10 Å². The summed E-state index contributed by atoms with van der Waals surface area (Å²) in [5.41, 5.74) is 1.39. The van der Waals surface area contributed by atoms with E-state index in [2.05, 4.69) is 10.1 Å². The van der Waals surface area contributed by atoms with Crippen LogP contribution in [0.5, 0.6) is 0 Å². The fourth-order valence-corrected chi connectivity index (χ4v) is 2.09. The van der Waals surface area contributed by atoms with E-state index in [1.807, 2.05) is 0 Å². The Kier molecular flexibility index (Phi) is 2.21. The van der Waals surface area contributed by atoms with E-state index < -0.39 is 18.0 Å². The number of benzene rings is 1. The van der Waals surface area contributed by atoms with Gasteiger partial charge in [0.05, 0.1) is 18.3 Å². The molecule has 5 nitrogen and oxygen atoms in total. The standard InChI is InChI=1S/C12H10FN3O2/c1-6-4-14-16-8-3-2-7(5-17)9(13)10(8)15-12(18)11(6)16/h2-4,17H,5H2,1H3,(H,15,18). The van der Waals surface area contributed by atoms with Crippen LogP contribution in [0.2, 0.25) is 0 Å². The van der Waals surface area contributed by atoms with Gasteiger partial charge in [-0.1, -0.05) is 6.07 Å². The Hall–Kier alpha value is -2.21. The fourth-order valence-electron chi connectivity index (χ4n) is 2.09. The van der Waals surface area contributed by atoms with Gasteiger partial charge in [-0.05, 0) is 13.0 Å². The average Bonchev–Trinajstić information content (AvgIpc) is 2.74. The second-order valence-electron chi connectivity index (χ2n) is 4.13. The fraction of sp³-hybridized carbons (Fsp3) is 0.167. The van der Waals surface area contributed by atoms with Gasteiger partial charge in [-0.25, -0.2) is 8.91 Å². The summed E-state index contributed by atoms with van der Waals surface area (Å²) < 4.78 is 15.4. The highest BCUT2D eigenvalue weighted by Gasteiger charge is 2.13. The van der Waals surface area contributed by atoms with E-state index in [0.717, 1.165) is 5.56 Å². The third-order valence-corrected chi connectivity index (χ3v) is 3.00. The van der Waals surface area contributed by atoms with Gasteiger partial charge < -0.3 is 10.1 Å². The minimum atomic E-state index is -0.623. The van der Waals surface area contributed by atoms with Crippen molar-refractivity contribution in [3.63, 3.8) is 0 Å². The van der Waals surface area contributed by atoms with E-state index >= 15 is 0 Å². The minimum absolute atomic E-state index is 0.0575. The first-order valence-electron chi connectivity index (χ1n) is 5.42.